The summed E-state index contributed by atoms with van der Waals surface area (Å²) in [5.74, 6) is 0. The summed E-state index contributed by atoms with van der Waals surface area (Å²) in [5, 5.41) is 3.27. The Hall–Kier alpha value is -2.23. The second-order valence-corrected chi connectivity index (χ2v) is 7.02. The smallest absolute Gasteiger partial charge is 0.313 e. The van der Waals surface area contributed by atoms with E-state index >= 15 is 0 Å². The van der Waals surface area contributed by atoms with Gasteiger partial charge >= 0.3 is 5.69 Å². The molecule has 2 aromatic rings. The van der Waals surface area contributed by atoms with Crippen molar-refractivity contribution in [3.05, 3.63) is 50.7 Å². The predicted octanol–water partition coefficient (Wildman–Crippen LogP) is -0.586. The van der Waals surface area contributed by atoms with Gasteiger partial charge in [0.25, 0.3) is 5.56 Å². The van der Waals surface area contributed by atoms with Gasteiger partial charge in [0.05, 0.1) is 15.8 Å². The molecule has 0 unspecified atom stereocenters. The molecule has 1 aliphatic heterocycles. The van der Waals surface area contributed by atoms with Gasteiger partial charge in [0.1, 0.15) is 0 Å². The summed E-state index contributed by atoms with van der Waals surface area (Å²) in [6, 6.07) is 4.02. The van der Waals surface area contributed by atoms with Gasteiger partial charge in [-0.05, 0) is 31.2 Å². The highest BCUT2D eigenvalue weighted by Crippen LogP contribution is 2.14. The minimum atomic E-state index is -3.73. The van der Waals surface area contributed by atoms with E-state index in [0.29, 0.717) is 5.52 Å². The molecule has 122 valence electrons. The summed E-state index contributed by atoms with van der Waals surface area (Å²) in [6.45, 7) is 1.80. The monoisotopic (exact) mass is 336 g/mol. The van der Waals surface area contributed by atoms with E-state index in [-0.39, 0.29) is 16.8 Å². The average Bonchev–Trinajstić information content (AvgIpc) is 2.53. The maximum atomic E-state index is 12.4. The highest BCUT2D eigenvalue weighted by molar-refractivity contribution is 7.89. The third-order valence-electron chi connectivity index (χ3n) is 3.67. The van der Waals surface area contributed by atoms with Crippen molar-refractivity contribution in [1.82, 2.24) is 20.0 Å². The lowest BCUT2D eigenvalue weighted by Gasteiger charge is -2.14. The van der Waals surface area contributed by atoms with Gasteiger partial charge in [0.2, 0.25) is 10.0 Å². The van der Waals surface area contributed by atoms with Crippen LogP contribution in [-0.4, -0.2) is 38.0 Å². The highest BCUT2D eigenvalue weighted by Gasteiger charge is 2.16. The lowest BCUT2D eigenvalue weighted by atomic mass is 10.1. The van der Waals surface area contributed by atoms with Crippen LogP contribution in [-0.2, 0) is 10.0 Å². The third kappa shape index (κ3) is 3.41. The number of aromatic amines is 2. The van der Waals surface area contributed by atoms with Crippen molar-refractivity contribution in [1.29, 1.82) is 0 Å². The predicted molar refractivity (Wildman–Crippen MR) is 85.9 cm³/mol. The molecule has 0 saturated heterocycles. The van der Waals surface area contributed by atoms with Gasteiger partial charge in [0.15, 0.2) is 0 Å². The fourth-order valence-corrected chi connectivity index (χ4v) is 3.47. The number of hydrogen-bond donors (Lipinski definition) is 4. The summed E-state index contributed by atoms with van der Waals surface area (Å²) in [5.41, 5.74) is 0.0602. The summed E-state index contributed by atoms with van der Waals surface area (Å²) < 4.78 is 27.2. The number of rotatable bonds is 4. The van der Waals surface area contributed by atoms with E-state index in [1.54, 1.807) is 0 Å². The van der Waals surface area contributed by atoms with Crippen LogP contribution < -0.4 is 21.3 Å². The fourth-order valence-electron chi connectivity index (χ4n) is 2.41. The van der Waals surface area contributed by atoms with Crippen molar-refractivity contribution in [2.24, 2.45) is 0 Å². The molecule has 0 radical (unpaired) electrons. The molecule has 0 atom stereocenters. The topological polar surface area (TPSA) is 124 Å². The van der Waals surface area contributed by atoms with Gasteiger partial charge in [-0.25, -0.2) is 17.9 Å². The van der Waals surface area contributed by atoms with Crippen LogP contribution in [0.3, 0.4) is 0 Å². The summed E-state index contributed by atoms with van der Waals surface area (Å²) in [4.78, 5) is 27.5. The third-order valence-corrected chi connectivity index (χ3v) is 5.07. The number of sulfonamides is 1. The van der Waals surface area contributed by atoms with Crippen LogP contribution in [0.1, 0.15) is 6.42 Å². The Morgan fingerprint density at radius 3 is 2.74 bits per heavy atom. The Morgan fingerprint density at radius 2 is 2.00 bits per heavy atom. The van der Waals surface area contributed by atoms with Crippen molar-refractivity contribution >= 4 is 20.9 Å². The molecule has 0 saturated carbocycles. The van der Waals surface area contributed by atoms with Crippen molar-refractivity contribution in [2.45, 2.75) is 11.3 Å². The van der Waals surface area contributed by atoms with Crippen LogP contribution in [0, 0.1) is 0 Å². The molecule has 8 nitrogen and oxygen atoms in total. The zero-order valence-corrected chi connectivity index (χ0v) is 13.0. The first-order valence-corrected chi connectivity index (χ1v) is 8.59. The molecule has 1 aromatic carbocycles. The lowest BCUT2D eigenvalue weighted by molar-refractivity contribution is 0.582. The number of nitrogens with one attached hydrogen (secondary N) is 4. The average molecular weight is 336 g/mol. The highest BCUT2D eigenvalue weighted by atomic mass is 32.2. The summed E-state index contributed by atoms with van der Waals surface area (Å²) in [6.07, 6.45) is 2.75. The molecule has 23 heavy (non-hydrogen) atoms. The van der Waals surface area contributed by atoms with E-state index in [4.69, 9.17) is 0 Å². The quantitative estimate of drug-likeness (QED) is 0.556. The largest absolute Gasteiger partial charge is 0.326 e. The van der Waals surface area contributed by atoms with E-state index in [9.17, 15) is 18.0 Å². The van der Waals surface area contributed by atoms with Crippen LogP contribution in [0.5, 0.6) is 0 Å². The summed E-state index contributed by atoms with van der Waals surface area (Å²) >= 11 is 0. The number of hydrogen-bond acceptors (Lipinski definition) is 5. The molecule has 1 aliphatic rings. The normalized spacial score (nSPS) is 15.6. The van der Waals surface area contributed by atoms with Crippen LogP contribution in [0.2, 0.25) is 0 Å². The summed E-state index contributed by atoms with van der Waals surface area (Å²) in [7, 11) is -3.73. The number of fused-ring (bicyclic) bond motifs is 1. The first-order valence-electron chi connectivity index (χ1n) is 7.10. The minimum Gasteiger partial charge on any atom is -0.313 e. The Kier molecular flexibility index (Phi) is 4.16. The molecule has 0 fully saturated rings. The molecule has 0 spiro atoms. The lowest BCUT2D eigenvalue weighted by Crippen LogP contribution is -2.30. The van der Waals surface area contributed by atoms with E-state index in [0.717, 1.165) is 25.1 Å². The van der Waals surface area contributed by atoms with Gasteiger partial charge in [0, 0.05) is 13.1 Å². The SMILES string of the molecule is O=c1[nH]c(=O)c2cc(S(=O)(=O)NCC3=CCNCC3)ccc2[nH]1. The Labute approximate surface area is 131 Å². The van der Waals surface area contributed by atoms with E-state index in [1.807, 2.05) is 6.08 Å². The second kappa shape index (κ2) is 6.11. The molecular weight excluding hydrogens is 320 g/mol. The zero-order chi connectivity index (χ0) is 16.4. The van der Waals surface area contributed by atoms with Gasteiger partial charge in [-0.15, -0.1) is 0 Å². The molecule has 1 aromatic heterocycles. The minimum absolute atomic E-state index is 0.0166. The van der Waals surface area contributed by atoms with E-state index in [1.165, 1.54) is 18.2 Å². The molecule has 4 N–H and O–H groups in total. The van der Waals surface area contributed by atoms with E-state index < -0.39 is 21.3 Å². The van der Waals surface area contributed by atoms with Crippen LogP contribution in [0.25, 0.3) is 10.9 Å². The van der Waals surface area contributed by atoms with Crippen molar-refractivity contribution in [2.75, 3.05) is 19.6 Å². The molecule has 2 heterocycles. The van der Waals surface area contributed by atoms with Gasteiger partial charge in [-0.3, -0.25) is 9.78 Å². The standard InChI is InChI=1S/C14H16N4O4S/c19-13-11-7-10(1-2-12(11)17-14(20)18-13)23(21,22)16-8-9-3-5-15-6-4-9/h1-3,7,15-16H,4-6,8H2,(H2,17,18,19,20). The van der Waals surface area contributed by atoms with Crippen molar-refractivity contribution < 1.29 is 8.42 Å². The maximum absolute atomic E-state index is 12.4. The molecule has 3 rings (SSSR count). The molecular formula is C14H16N4O4S. The van der Waals surface area contributed by atoms with Crippen LogP contribution in [0.15, 0.2) is 44.3 Å². The molecule has 0 amide bonds. The van der Waals surface area contributed by atoms with Gasteiger partial charge in [-0.1, -0.05) is 11.6 Å². The second-order valence-electron chi connectivity index (χ2n) is 5.26. The zero-order valence-electron chi connectivity index (χ0n) is 12.2. The van der Waals surface area contributed by atoms with Crippen molar-refractivity contribution in [3.63, 3.8) is 0 Å². The number of aromatic nitrogens is 2. The fraction of sp³-hybridized carbons (Fsp3) is 0.286. The Morgan fingerprint density at radius 1 is 1.17 bits per heavy atom. The molecule has 9 heteroatoms. The Balaban J connectivity index is 1.90. The number of benzene rings is 1. The molecule has 0 aliphatic carbocycles. The Bertz CT molecular complexity index is 988. The van der Waals surface area contributed by atoms with Gasteiger partial charge in [-0.2, -0.15) is 0 Å². The maximum Gasteiger partial charge on any atom is 0.326 e. The first kappa shape index (κ1) is 15.7. The van der Waals surface area contributed by atoms with Crippen LogP contribution in [0.4, 0.5) is 0 Å². The first-order chi connectivity index (χ1) is 11.0. The number of H-pyrrole nitrogens is 2. The van der Waals surface area contributed by atoms with E-state index in [2.05, 4.69) is 20.0 Å². The van der Waals surface area contributed by atoms with Crippen molar-refractivity contribution in [3.8, 4) is 0 Å². The van der Waals surface area contributed by atoms with Gasteiger partial charge < -0.3 is 10.3 Å². The van der Waals surface area contributed by atoms with Crippen LogP contribution >= 0.6 is 0 Å². The molecule has 0 bridgehead atoms.